The maximum absolute atomic E-state index is 2.43. The summed E-state index contributed by atoms with van der Waals surface area (Å²) in [5.41, 5.74) is 16.7. The molecular formula is C62H59N3. The third-order valence-electron chi connectivity index (χ3n) is 12.6. The van der Waals surface area contributed by atoms with E-state index < -0.39 is 0 Å². The Bertz CT molecular complexity index is 2760. The highest BCUT2D eigenvalue weighted by Crippen LogP contribution is 2.40. The van der Waals surface area contributed by atoms with Crippen LogP contribution in [0, 0.1) is 0 Å². The summed E-state index contributed by atoms with van der Waals surface area (Å²) in [4.78, 5) is 7.16. The first-order valence-corrected chi connectivity index (χ1v) is 23.6. The van der Waals surface area contributed by atoms with Crippen LogP contribution in [0.15, 0.2) is 231 Å². The van der Waals surface area contributed by atoms with Gasteiger partial charge in [0.1, 0.15) is 0 Å². The van der Waals surface area contributed by atoms with Gasteiger partial charge in [0.05, 0.1) is 6.04 Å². The predicted molar refractivity (Wildman–Crippen MR) is 279 cm³/mol. The van der Waals surface area contributed by atoms with E-state index >= 15 is 0 Å². The van der Waals surface area contributed by atoms with Crippen molar-refractivity contribution in [3.05, 3.63) is 242 Å². The molecule has 0 saturated heterocycles. The van der Waals surface area contributed by atoms with E-state index in [0.717, 1.165) is 53.4 Å². The molecule has 65 heavy (non-hydrogen) atoms. The van der Waals surface area contributed by atoms with Gasteiger partial charge in [0, 0.05) is 45.5 Å². The summed E-state index contributed by atoms with van der Waals surface area (Å²) in [5, 5.41) is 0. The van der Waals surface area contributed by atoms with E-state index in [9.17, 15) is 0 Å². The molecule has 0 saturated carbocycles. The zero-order valence-electron chi connectivity index (χ0n) is 37.8. The lowest BCUT2D eigenvalue weighted by molar-refractivity contribution is 0.785. The highest BCUT2D eigenvalue weighted by molar-refractivity contribution is 5.82. The first kappa shape index (κ1) is 42.9. The summed E-state index contributed by atoms with van der Waals surface area (Å²) in [5.74, 6) is 0. The Balaban J connectivity index is 0.972. The van der Waals surface area contributed by atoms with E-state index in [4.69, 9.17) is 0 Å². The number of hydrogen-bond acceptors (Lipinski definition) is 3. The first-order chi connectivity index (χ1) is 32.1. The Morgan fingerprint density at radius 2 is 0.677 bits per heavy atom. The fraction of sp³-hybridized carbons (Fsp3) is 0.161. The van der Waals surface area contributed by atoms with E-state index in [1.165, 1.54) is 70.4 Å². The fourth-order valence-corrected chi connectivity index (χ4v) is 8.96. The Labute approximate surface area is 387 Å². The summed E-state index contributed by atoms with van der Waals surface area (Å²) in [6.45, 7) is 4.51. The van der Waals surface area contributed by atoms with E-state index in [2.05, 4.69) is 259 Å². The molecule has 3 heteroatoms. The molecule has 9 rings (SSSR count). The van der Waals surface area contributed by atoms with Gasteiger partial charge in [0.2, 0.25) is 0 Å². The van der Waals surface area contributed by atoms with Crippen LogP contribution in [-0.4, -0.2) is 6.04 Å². The number of aryl methyl sites for hydroxylation is 2. The lowest BCUT2D eigenvalue weighted by Gasteiger charge is -2.32. The van der Waals surface area contributed by atoms with Crippen molar-refractivity contribution in [1.82, 2.24) is 0 Å². The second-order valence-electron chi connectivity index (χ2n) is 17.1. The number of allylic oxidation sites excluding steroid dienone is 2. The van der Waals surface area contributed by atoms with E-state index in [-0.39, 0.29) is 6.04 Å². The molecule has 0 aromatic heterocycles. The molecule has 8 aromatic carbocycles. The first-order valence-electron chi connectivity index (χ1n) is 23.6. The van der Waals surface area contributed by atoms with Crippen molar-refractivity contribution in [2.24, 2.45) is 0 Å². The highest BCUT2D eigenvalue weighted by atomic mass is 15.2. The third-order valence-corrected chi connectivity index (χ3v) is 12.6. The maximum Gasteiger partial charge on any atom is 0.0559 e. The minimum absolute atomic E-state index is 0.280. The minimum Gasteiger partial charge on any atom is -0.334 e. The van der Waals surface area contributed by atoms with Crippen LogP contribution >= 0.6 is 0 Å². The number of para-hydroxylation sites is 2. The van der Waals surface area contributed by atoms with Crippen molar-refractivity contribution in [2.45, 2.75) is 64.8 Å². The molecule has 8 aromatic rings. The van der Waals surface area contributed by atoms with Crippen molar-refractivity contribution >= 4 is 45.5 Å². The average molecular weight is 846 g/mol. The van der Waals surface area contributed by atoms with Crippen LogP contribution in [-0.2, 0) is 12.8 Å². The molecule has 0 spiro atoms. The van der Waals surface area contributed by atoms with E-state index in [1.807, 2.05) is 0 Å². The molecule has 3 nitrogen and oxygen atoms in total. The Morgan fingerprint density at radius 1 is 0.354 bits per heavy atom. The van der Waals surface area contributed by atoms with E-state index in [1.54, 1.807) is 0 Å². The summed E-state index contributed by atoms with van der Waals surface area (Å²) in [7, 11) is 0. The summed E-state index contributed by atoms with van der Waals surface area (Å²) in [6, 6.07) is 75.9. The smallest absolute Gasteiger partial charge is 0.0559 e. The van der Waals surface area contributed by atoms with Crippen molar-refractivity contribution in [2.75, 3.05) is 14.7 Å². The predicted octanol–water partition coefficient (Wildman–Crippen LogP) is 17.7. The molecule has 322 valence electrons. The van der Waals surface area contributed by atoms with Crippen LogP contribution in [0.2, 0.25) is 0 Å². The van der Waals surface area contributed by atoms with Gasteiger partial charge in [-0.3, -0.25) is 0 Å². The number of anilines is 8. The second kappa shape index (κ2) is 20.9. The van der Waals surface area contributed by atoms with Gasteiger partial charge in [-0.05, 0) is 163 Å². The largest absolute Gasteiger partial charge is 0.334 e. The fourth-order valence-electron chi connectivity index (χ4n) is 8.96. The molecule has 1 aliphatic carbocycles. The molecule has 0 heterocycles. The van der Waals surface area contributed by atoms with Crippen LogP contribution in [0.25, 0.3) is 22.3 Å². The molecule has 1 unspecified atom stereocenters. The standard InChI is InChI=1S/C62H59N3/c1-3-5-16-48-24-36-57(37-25-48)64(56-22-14-9-15-23-56)61-44-46-62(47-45-61)65(58-38-26-49(27-39-58)17-6-4-2)60-42-34-53(35-43-60)51-30-28-50(29-31-51)52-32-40-59(41-33-52)63(54-18-10-7-11-19-54)55-20-12-8-13-21-55/h7-15,18-20,22-47,55H,3-6,16-17,21H2,1-2H3. The topological polar surface area (TPSA) is 9.72 Å². The van der Waals surface area contributed by atoms with Gasteiger partial charge in [-0.15, -0.1) is 0 Å². The van der Waals surface area contributed by atoms with Crippen LogP contribution in [0.1, 0.15) is 57.1 Å². The minimum atomic E-state index is 0.280. The van der Waals surface area contributed by atoms with Crippen molar-refractivity contribution in [3.63, 3.8) is 0 Å². The van der Waals surface area contributed by atoms with Gasteiger partial charge < -0.3 is 14.7 Å². The summed E-state index contributed by atoms with van der Waals surface area (Å²) in [6.07, 6.45) is 16.8. The molecule has 0 bridgehead atoms. The summed E-state index contributed by atoms with van der Waals surface area (Å²) >= 11 is 0. The SMILES string of the molecule is CCCCc1ccc(N(c2ccccc2)c2ccc(N(c3ccc(CCCC)cc3)c3ccc(-c4ccc(-c5ccc(N(c6ccccc6)C6C=CC=CC6)cc5)cc4)cc3)cc2)cc1. The molecule has 0 radical (unpaired) electrons. The van der Waals surface area contributed by atoms with Crippen LogP contribution in [0.4, 0.5) is 45.5 Å². The second-order valence-corrected chi connectivity index (χ2v) is 17.1. The zero-order valence-corrected chi connectivity index (χ0v) is 37.8. The molecule has 1 aliphatic rings. The third kappa shape index (κ3) is 10.2. The van der Waals surface area contributed by atoms with Crippen molar-refractivity contribution < 1.29 is 0 Å². The molecule has 0 N–H and O–H groups in total. The Morgan fingerprint density at radius 3 is 1.06 bits per heavy atom. The van der Waals surface area contributed by atoms with Gasteiger partial charge in [0.25, 0.3) is 0 Å². The van der Waals surface area contributed by atoms with Crippen LogP contribution in [0.3, 0.4) is 0 Å². The van der Waals surface area contributed by atoms with Gasteiger partial charge in [-0.1, -0.05) is 160 Å². The number of benzene rings is 8. The number of rotatable bonds is 17. The van der Waals surface area contributed by atoms with Crippen molar-refractivity contribution in [1.29, 1.82) is 0 Å². The molecule has 0 aliphatic heterocycles. The van der Waals surface area contributed by atoms with Gasteiger partial charge in [0.15, 0.2) is 0 Å². The molecule has 0 fully saturated rings. The van der Waals surface area contributed by atoms with Gasteiger partial charge in [-0.2, -0.15) is 0 Å². The lowest BCUT2D eigenvalue weighted by Crippen LogP contribution is -2.29. The van der Waals surface area contributed by atoms with Crippen LogP contribution in [0.5, 0.6) is 0 Å². The summed E-state index contributed by atoms with van der Waals surface area (Å²) < 4.78 is 0. The Kier molecular flexibility index (Phi) is 13.8. The number of unbranched alkanes of at least 4 members (excludes halogenated alkanes) is 2. The maximum atomic E-state index is 2.43. The molecule has 1 atom stereocenters. The van der Waals surface area contributed by atoms with Crippen molar-refractivity contribution in [3.8, 4) is 22.3 Å². The quantitative estimate of drug-likeness (QED) is 0.0904. The molecular weight excluding hydrogens is 787 g/mol. The number of hydrogen-bond donors (Lipinski definition) is 0. The average Bonchev–Trinajstić information content (AvgIpc) is 3.38. The zero-order chi connectivity index (χ0) is 44.2. The Hall–Kier alpha value is -7.36. The highest BCUT2D eigenvalue weighted by Gasteiger charge is 2.20. The number of nitrogens with zero attached hydrogens (tertiary/aromatic N) is 3. The van der Waals surface area contributed by atoms with Gasteiger partial charge >= 0.3 is 0 Å². The lowest BCUT2D eigenvalue weighted by atomic mass is 9.99. The van der Waals surface area contributed by atoms with Crippen LogP contribution < -0.4 is 14.7 Å². The van der Waals surface area contributed by atoms with E-state index in [0.29, 0.717) is 0 Å². The normalized spacial score (nSPS) is 13.1. The van der Waals surface area contributed by atoms with Gasteiger partial charge in [-0.25, -0.2) is 0 Å². The molecule has 0 amide bonds. The monoisotopic (exact) mass is 845 g/mol.